The first-order valence-corrected chi connectivity index (χ1v) is 8.23. The Labute approximate surface area is 146 Å². The number of aromatic nitrogens is 2. The molecule has 1 aliphatic heterocycles. The summed E-state index contributed by atoms with van der Waals surface area (Å²) < 4.78 is 31.7. The van der Waals surface area contributed by atoms with Gasteiger partial charge in [0.15, 0.2) is 5.13 Å². The van der Waals surface area contributed by atoms with Crippen molar-refractivity contribution in [1.82, 2.24) is 15.3 Å². The maximum atomic E-state index is 10.6. The average molecular weight is 374 g/mol. The number of piperazine rings is 1. The Kier molecular flexibility index (Phi) is 6.32. The van der Waals surface area contributed by atoms with E-state index in [9.17, 15) is 13.2 Å². The van der Waals surface area contributed by atoms with E-state index in [4.69, 9.17) is 9.90 Å². The minimum atomic E-state index is -5.08. The van der Waals surface area contributed by atoms with E-state index < -0.39 is 12.1 Å². The lowest BCUT2D eigenvalue weighted by Gasteiger charge is -2.26. The van der Waals surface area contributed by atoms with Crippen LogP contribution in [-0.4, -0.2) is 53.4 Å². The van der Waals surface area contributed by atoms with Gasteiger partial charge in [-0.3, -0.25) is 4.98 Å². The van der Waals surface area contributed by atoms with Crippen LogP contribution in [0.2, 0.25) is 0 Å². The number of alkyl halides is 3. The van der Waals surface area contributed by atoms with Crippen LogP contribution < -0.4 is 10.2 Å². The summed E-state index contributed by atoms with van der Waals surface area (Å²) in [4.78, 5) is 21.3. The average Bonchev–Trinajstić information content (AvgIpc) is 3.05. The molecule has 3 rings (SSSR count). The van der Waals surface area contributed by atoms with Crippen LogP contribution in [0.3, 0.4) is 0 Å². The van der Waals surface area contributed by atoms with Gasteiger partial charge in [0.2, 0.25) is 0 Å². The van der Waals surface area contributed by atoms with Gasteiger partial charge in [0.1, 0.15) is 0 Å². The largest absolute Gasteiger partial charge is 0.490 e. The quantitative estimate of drug-likeness (QED) is 0.841. The van der Waals surface area contributed by atoms with Crippen LogP contribution in [0.5, 0.6) is 0 Å². The molecule has 0 aromatic carbocycles. The zero-order chi connectivity index (χ0) is 18.4. The summed E-state index contributed by atoms with van der Waals surface area (Å²) in [6.45, 7) is 6.24. The molecule has 1 fully saturated rings. The number of aryl methyl sites for hydroxylation is 1. The van der Waals surface area contributed by atoms with Crippen LogP contribution in [-0.2, 0) is 4.79 Å². The number of carboxylic acid groups (broad SMARTS) is 1. The summed E-state index contributed by atoms with van der Waals surface area (Å²) >= 11 is 1.73. The predicted octanol–water partition coefficient (Wildman–Crippen LogP) is 2.56. The second-order valence-corrected chi connectivity index (χ2v) is 6.27. The molecule has 0 atom stereocenters. The molecular weight excluding hydrogens is 357 g/mol. The number of carbonyl (C=O) groups is 1. The van der Waals surface area contributed by atoms with Gasteiger partial charge in [-0.25, -0.2) is 9.78 Å². The molecule has 0 aliphatic carbocycles. The van der Waals surface area contributed by atoms with Gasteiger partial charge in [-0.15, -0.1) is 0 Å². The Morgan fingerprint density at radius 1 is 1.32 bits per heavy atom. The van der Waals surface area contributed by atoms with Crippen molar-refractivity contribution in [3.05, 3.63) is 30.1 Å². The molecule has 0 saturated carbocycles. The third-order valence-electron chi connectivity index (χ3n) is 3.29. The molecule has 3 heterocycles. The first-order valence-electron chi connectivity index (χ1n) is 7.42. The SMILES string of the molecule is Cc1ccnc(-c2cnc(N3CCNCC3)s2)c1.O=C(O)C(F)(F)F. The van der Waals surface area contributed by atoms with Gasteiger partial charge in [-0.1, -0.05) is 11.3 Å². The smallest absolute Gasteiger partial charge is 0.475 e. The predicted molar refractivity (Wildman–Crippen MR) is 88.9 cm³/mol. The molecule has 0 radical (unpaired) electrons. The first kappa shape index (κ1) is 19.1. The molecule has 0 spiro atoms. The van der Waals surface area contributed by atoms with E-state index in [0.29, 0.717) is 0 Å². The molecule has 6 nitrogen and oxygen atoms in total. The summed E-state index contributed by atoms with van der Waals surface area (Å²) in [5.74, 6) is -2.76. The summed E-state index contributed by atoms with van der Waals surface area (Å²) in [6.07, 6.45) is -1.29. The maximum absolute atomic E-state index is 10.6. The highest BCUT2D eigenvalue weighted by Crippen LogP contribution is 2.30. The van der Waals surface area contributed by atoms with Crippen LogP contribution in [0, 0.1) is 6.92 Å². The van der Waals surface area contributed by atoms with Crippen molar-refractivity contribution in [2.24, 2.45) is 0 Å². The van der Waals surface area contributed by atoms with Gasteiger partial charge >= 0.3 is 12.1 Å². The van der Waals surface area contributed by atoms with Crippen molar-refractivity contribution in [3.8, 4) is 10.6 Å². The molecule has 10 heteroatoms. The number of anilines is 1. The topological polar surface area (TPSA) is 78.4 Å². The lowest BCUT2D eigenvalue weighted by molar-refractivity contribution is -0.192. The number of halogens is 3. The molecule has 2 N–H and O–H groups in total. The zero-order valence-corrected chi connectivity index (χ0v) is 14.2. The second-order valence-electron chi connectivity index (χ2n) is 5.27. The third kappa shape index (κ3) is 5.68. The molecule has 2 aromatic heterocycles. The summed E-state index contributed by atoms with van der Waals surface area (Å²) in [5, 5.41) is 11.6. The second kappa shape index (κ2) is 8.26. The summed E-state index contributed by atoms with van der Waals surface area (Å²) in [7, 11) is 0. The van der Waals surface area contributed by atoms with E-state index in [-0.39, 0.29) is 0 Å². The molecule has 136 valence electrons. The van der Waals surface area contributed by atoms with E-state index in [1.807, 2.05) is 18.5 Å². The standard InChI is InChI=1S/C13H16N4S.C2HF3O2/c1-10-2-3-15-11(8-10)12-9-16-13(18-12)17-6-4-14-5-7-17;3-2(4,5)1(6)7/h2-3,8-9,14H,4-7H2,1H3;(H,6,7). The molecule has 2 aromatic rings. The molecule has 0 unspecified atom stereocenters. The normalized spacial score (nSPS) is 14.6. The number of hydrogen-bond donors (Lipinski definition) is 2. The number of pyridine rings is 1. The van der Waals surface area contributed by atoms with Gasteiger partial charge in [0, 0.05) is 38.6 Å². The molecular formula is C15H17F3N4O2S. The fourth-order valence-electron chi connectivity index (χ4n) is 2.06. The minimum Gasteiger partial charge on any atom is -0.475 e. The molecule has 0 bridgehead atoms. The van der Waals surface area contributed by atoms with Crippen LogP contribution in [0.25, 0.3) is 10.6 Å². The van der Waals surface area contributed by atoms with E-state index in [1.165, 1.54) is 5.56 Å². The van der Waals surface area contributed by atoms with Crippen molar-refractivity contribution in [3.63, 3.8) is 0 Å². The Bertz CT molecular complexity index is 715. The van der Waals surface area contributed by atoms with E-state index in [2.05, 4.69) is 33.2 Å². The third-order valence-corrected chi connectivity index (χ3v) is 4.37. The number of hydrogen-bond acceptors (Lipinski definition) is 6. The van der Waals surface area contributed by atoms with E-state index in [1.54, 1.807) is 11.3 Å². The van der Waals surface area contributed by atoms with Crippen molar-refractivity contribution in [2.45, 2.75) is 13.1 Å². The zero-order valence-electron chi connectivity index (χ0n) is 13.4. The van der Waals surface area contributed by atoms with Crippen molar-refractivity contribution < 1.29 is 23.1 Å². The highest BCUT2D eigenvalue weighted by molar-refractivity contribution is 7.18. The summed E-state index contributed by atoms with van der Waals surface area (Å²) in [5.41, 5.74) is 2.26. The molecule has 0 amide bonds. The molecule has 1 aliphatic rings. The number of nitrogens with one attached hydrogen (secondary N) is 1. The van der Waals surface area contributed by atoms with E-state index >= 15 is 0 Å². The number of carboxylic acids is 1. The summed E-state index contributed by atoms with van der Waals surface area (Å²) in [6, 6.07) is 4.12. The van der Waals surface area contributed by atoms with Gasteiger partial charge < -0.3 is 15.3 Å². The van der Waals surface area contributed by atoms with E-state index in [0.717, 1.165) is 41.9 Å². The highest BCUT2D eigenvalue weighted by atomic mass is 32.1. The monoisotopic (exact) mass is 374 g/mol. The number of aliphatic carboxylic acids is 1. The fourth-order valence-corrected chi connectivity index (χ4v) is 2.99. The van der Waals surface area contributed by atoms with Crippen LogP contribution >= 0.6 is 11.3 Å². The van der Waals surface area contributed by atoms with Gasteiger partial charge in [-0.2, -0.15) is 13.2 Å². The Balaban J connectivity index is 0.000000277. The van der Waals surface area contributed by atoms with Crippen LogP contribution in [0.1, 0.15) is 5.56 Å². The van der Waals surface area contributed by atoms with Crippen LogP contribution in [0.4, 0.5) is 18.3 Å². The van der Waals surface area contributed by atoms with Crippen molar-refractivity contribution in [1.29, 1.82) is 0 Å². The van der Waals surface area contributed by atoms with Crippen molar-refractivity contribution >= 4 is 22.4 Å². The van der Waals surface area contributed by atoms with Crippen LogP contribution in [0.15, 0.2) is 24.5 Å². The van der Waals surface area contributed by atoms with Gasteiger partial charge in [-0.05, 0) is 24.6 Å². The lowest BCUT2D eigenvalue weighted by Crippen LogP contribution is -2.43. The Morgan fingerprint density at radius 3 is 2.52 bits per heavy atom. The first-order chi connectivity index (χ1) is 11.8. The lowest BCUT2D eigenvalue weighted by atomic mass is 10.2. The maximum Gasteiger partial charge on any atom is 0.490 e. The van der Waals surface area contributed by atoms with Gasteiger partial charge in [0.25, 0.3) is 0 Å². The number of thiazole rings is 1. The van der Waals surface area contributed by atoms with Crippen molar-refractivity contribution in [2.75, 3.05) is 31.1 Å². The minimum absolute atomic E-state index is 1.02. The number of rotatable bonds is 2. The Morgan fingerprint density at radius 2 is 1.96 bits per heavy atom. The Hall–Kier alpha value is -2.20. The molecule has 25 heavy (non-hydrogen) atoms. The highest BCUT2D eigenvalue weighted by Gasteiger charge is 2.38. The fraction of sp³-hybridized carbons (Fsp3) is 0.400. The molecule has 1 saturated heterocycles. The van der Waals surface area contributed by atoms with Gasteiger partial charge in [0.05, 0.1) is 10.6 Å². The number of nitrogens with zero attached hydrogens (tertiary/aromatic N) is 3.